The highest BCUT2D eigenvalue weighted by atomic mass is 16.5. The van der Waals surface area contributed by atoms with Gasteiger partial charge in [0.1, 0.15) is 5.75 Å². The number of fused-ring (bicyclic) bond motifs is 1. The van der Waals surface area contributed by atoms with Gasteiger partial charge in [0.25, 0.3) is 0 Å². The van der Waals surface area contributed by atoms with Gasteiger partial charge in [0, 0.05) is 43.0 Å². The lowest BCUT2D eigenvalue weighted by Gasteiger charge is -2.14. The molecule has 2 heterocycles. The fourth-order valence-electron chi connectivity index (χ4n) is 3.44. The minimum atomic E-state index is -0.0169. The number of imidazole rings is 1. The maximum absolute atomic E-state index is 6.32. The van der Waals surface area contributed by atoms with Crippen molar-refractivity contribution in [1.29, 1.82) is 0 Å². The van der Waals surface area contributed by atoms with Gasteiger partial charge < -0.3 is 20.4 Å². The van der Waals surface area contributed by atoms with E-state index in [4.69, 9.17) is 10.5 Å². The number of hydrogen-bond donors (Lipinski definition) is 2. The minimum Gasteiger partial charge on any atom is -0.497 e. The van der Waals surface area contributed by atoms with Crippen molar-refractivity contribution in [2.24, 2.45) is 12.8 Å². The van der Waals surface area contributed by atoms with Gasteiger partial charge in [-0.1, -0.05) is 24.3 Å². The van der Waals surface area contributed by atoms with Gasteiger partial charge in [0.15, 0.2) is 0 Å². The van der Waals surface area contributed by atoms with Crippen LogP contribution in [0.2, 0.25) is 0 Å². The molecule has 0 aliphatic rings. The van der Waals surface area contributed by atoms with Crippen molar-refractivity contribution in [3.05, 3.63) is 72.7 Å². The third kappa shape index (κ3) is 4.22. The molecule has 3 N–H and O–H groups in total. The predicted molar refractivity (Wildman–Crippen MR) is 117 cm³/mol. The molecule has 6 nitrogen and oxygen atoms in total. The number of aromatic nitrogens is 3. The van der Waals surface area contributed by atoms with Gasteiger partial charge in [-0.15, -0.1) is 0 Å². The summed E-state index contributed by atoms with van der Waals surface area (Å²) in [6.07, 6.45) is 6.36. The molecule has 0 fully saturated rings. The molecule has 0 unspecified atom stereocenters. The molecule has 4 rings (SSSR count). The van der Waals surface area contributed by atoms with Gasteiger partial charge in [-0.25, -0.2) is 4.98 Å². The van der Waals surface area contributed by atoms with Crippen molar-refractivity contribution >= 4 is 16.7 Å². The Hall–Kier alpha value is -3.38. The number of benzene rings is 2. The normalized spacial score (nSPS) is 12.1. The van der Waals surface area contributed by atoms with E-state index in [1.165, 1.54) is 5.56 Å². The first-order valence-electron chi connectivity index (χ1n) is 9.62. The molecular formula is C23H25N5O. The lowest BCUT2D eigenvalue weighted by Crippen LogP contribution is -2.31. The second-order valence-electron chi connectivity index (χ2n) is 7.16. The Morgan fingerprint density at radius 3 is 2.69 bits per heavy atom. The molecule has 148 valence electrons. The van der Waals surface area contributed by atoms with Gasteiger partial charge in [0.05, 0.1) is 19.0 Å². The molecule has 0 aliphatic carbocycles. The quantitative estimate of drug-likeness (QED) is 0.506. The van der Waals surface area contributed by atoms with Crippen LogP contribution in [0, 0.1) is 0 Å². The molecule has 1 atom stereocenters. The minimum absolute atomic E-state index is 0.0169. The van der Waals surface area contributed by atoms with E-state index in [1.54, 1.807) is 7.11 Å². The Morgan fingerprint density at radius 1 is 1.07 bits per heavy atom. The summed E-state index contributed by atoms with van der Waals surface area (Å²) >= 11 is 0. The van der Waals surface area contributed by atoms with Crippen LogP contribution in [-0.4, -0.2) is 34.2 Å². The summed E-state index contributed by atoms with van der Waals surface area (Å²) in [6.45, 7) is 0.639. The van der Waals surface area contributed by atoms with E-state index in [1.807, 2.05) is 56.0 Å². The van der Waals surface area contributed by atoms with Crippen LogP contribution in [0.1, 0.15) is 5.56 Å². The van der Waals surface area contributed by atoms with E-state index in [9.17, 15) is 0 Å². The number of nitrogens with zero attached hydrogens (tertiary/aromatic N) is 3. The average molecular weight is 387 g/mol. The predicted octanol–water partition coefficient (Wildman–Crippen LogP) is 3.63. The molecule has 6 heteroatoms. The first-order chi connectivity index (χ1) is 14.1. The zero-order valence-corrected chi connectivity index (χ0v) is 16.7. The molecule has 0 aliphatic heterocycles. The van der Waals surface area contributed by atoms with Crippen molar-refractivity contribution in [2.45, 2.75) is 12.5 Å². The Morgan fingerprint density at radius 2 is 1.90 bits per heavy atom. The summed E-state index contributed by atoms with van der Waals surface area (Å²) in [7, 11) is 3.68. The van der Waals surface area contributed by atoms with Crippen molar-refractivity contribution in [3.8, 4) is 17.0 Å². The molecular weight excluding hydrogens is 362 g/mol. The number of nitrogens with one attached hydrogen (secondary N) is 1. The second-order valence-corrected chi connectivity index (χ2v) is 7.16. The number of ether oxygens (including phenoxy) is 1. The van der Waals surface area contributed by atoms with Crippen LogP contribution in [0.15, 0.2) is 67.1 Å². The summed E-state index contributed by atoms with van der Waals surface area (Å²) in [4.78, 5) is 8.71. The number of nitrogens with two attached hydrogens (primary N) is 1. The van der Waals surface area contributed by atoms with Crippen LogP contribution in [-0.2, 0) is 13.5 Å². The zero-order chi connectivity index (χ0) is 20.2. The van der Waals surface area contributed by atoms with Crippen LogP contribution < -0.4 is 15.8 Å². The van der Waals surface area contributed by atoms with Gasteiger partial charge in [-0.05, 0) is 41.6 Å². The second kappa shape index (κ2) is 8.32. The maximum atomic E-state index is 6.32. The third-order valence-electron chi connectivity index (χ3n) is 5.10. The fourth-order valence-corrected chi connectivity index (χ4v) is 3.44. The van der Waals surface area contributed by atoms with Crippen LogP contribution in [0.25, 0.3) is 22.0 Å². The topological polar surface area (TPSA) is 78.0 Å². The van der Waals surface area contributed by atoms with Crippen molar-refractivity contribution < 1.29 is 4.74 Å². The van der Waals surface area contributed by atoms with E-state index in [2.05, 4.69) is 38.1 Å². The summed E-state index contributed by atoms with van der Waals surface area (Å²) in [6, 6.07) is 16.4. The number of rotatable bonds is 7. The third-order valence-corrected chi connectivity index (χ3v) is 5.10. The number of hydrogen-bond acceptors (Lipinski definition) is 5. The fraction of sp³-hybridized carbons (Fsp3) is 0.217. The molecule has 0 amide bonds. The zero-order valence-electron chi connectivity index (χ0n) is 16.7. The van der Waals surface area contributed by atoms with Crippen molar-refractivity contribution in [1.82, 2.24) is 14.5 Å². The molecule has 0 saturated carbocycles. The Bertz CT molecular complexity index is 1100. The van der Waals surface area contributed by atoms with Gasteiger partial charge in [-0.2, -0.15) is 0 Å². The average Bonchev–Trinajstić information content (AvgIpc) is 3.13. The van der Waals surface area contributed by atoms with E-state index >= 15 is 0 Å². The van der Waals surface area contributed by atoms with E-state index in [0.29, 0.717) is 6.54 Å². The lowest BCUT2D eigenvalue weighted by atomic mass is 10.1. The van der Waals surface area contributed by atoms with E-state index in [0.717, 1.165) is 40.1 Å². The Kier molecular flexibility index (Phi) is 5.44. The highest BCUT2D eigenvalue weighted by molar-refractivity contribution is 5.86. The Balaban J connectivity index is 1.42. The summed E-state index contributed by atoms with van der Waals surface area (Å²) in [5.41, 5.74) is 9.67. The van der Waals surface area contributed by atoms with Gasteiger partial charge in [-0.3, -0.25) is 4.98 Å². The molecule has 4 aromatic rings. The van der Waals surface area contributed by atoms with Gasteiger partial charge in [0.2, 0.25) is 5.95 Å². The van der Waals surface area contributed by atoms with Crippen LogP contribution in [0.4, 0.5) is 5.95 Å². The molecule has 29 heavy (non-hydrogen) atoms. The monoisotopic (exact) mass is 387 g/mol. The summed E-state index contributed by atoms with van der Waals surface area (Å²) in [5.74, 6) is 1.66. The van der Waals surface area contributed by atoms with E-state index in [-0.39, 0.29) is 6.04 Å². The maximum Gasteiger partial charge on any atom is 0.203 e. The molecule has 0 bridgehead atoms. The molecule has 2 aromatic heterocycles. The standard InChI is InChI=1S/C23H25N5O/c1-28-22(18-5-6-19-13-25-10-9-17(19)12-18)15-27-23(28)26-14-20(24)11-16-3-7-21(29-2)8-4-16/h3-10,12-13,15,20H,11,14,24H2,1-2H3,(H,26,27)/t20-/m0/s1. The summed E-state index contributed by atoms with van der Waals surface area (Å²) < 4.78 is 7.26. The smallest absolute Gasteiger partial charge is 0.203 e. The molecule has 0 spiro atoms. The molecule has 0 saturated heterocycles. The largest absolute Gasteiger partial charge is 0.497 e. The lowest BCUT2D eigenvalue weighted by molar-refractivity contribution is 0.414. The number of anilines is 1. The molecule has 2 aromatic carbocycles. The first kappa shape index (κ1) is 19.0. The van der Waals surface area contributed by atoms with Gasteiger partial charge >= 0.3 is 0 Å². The Labute approximate surface area is 170 Å². The van der Waals surface area contributed by atoms with Crippen molar-refractivity contribution in [3.63, 3.8) is 0 Å². The van der Waals surface area contributed by atoms with Crippen molar-refractivity contribution in [2.75, 3.05) is 19.0 Å². The highest BCUT2D eigenvalue weighted by Gasteiger charge is 2.11. The first-order valence-corrected chi connectivity index (χ1v) is 9.62. The van der Waals surface area contributed by atoms with Crippen LogP contribution in [0.3, 0.4) is 0 Å². The SMILES string of the molecule is COc1ccc(C[C@H](N)CNc2ncc(-c3ccc4cnccc4c3)n2C)cc1. The number of pyridine rings is 1. The highest BCUT2D eigenvalue weighted by Crippen LogP contribution is 2.25. The van der Waals surface area contributed by atoms with E-state index < -0.39 is 0 Å². The van der Waals surface area contributed by atoms with Crippen LogP contribution in [0.5, 0.6) is 5.75 Å². The molecule has 0 radical (unpaired) electrons. The van der Waals surface area contributed by atoms with Crippen LogP contribution >= 0.6 is 0 Å². The number of methoxy groups -OCH3 is 1. The summed E-state index contributed by atoms with van der Waals surface area (Å²) in [5, 5.41) is 5.66.